The Bertz CT molecular complexity index is 778. The Hall–Kier alpha value is -2.27. The van der Waals surface area contributed by atoms with Crippen molar-refractivity contribution in [1.29, 1.82) is 0 Å². The summed E-state index contributed by atoms with van der Waals surface area (Å²) in [6.45, 7) is 5.20. The molecule has 2 N–H and O–H groups in total. The number of nitrogens with one attached hydrogen (secondary N) is 2. The molecule has 1 amide bonds. The van der Waals surface area contributed by atoms with Gasteiger partial charge in [-0.15, -0.1) is 24.0 Å². The van der Waals surface area contributed by atoms with Crippen LogP contribution in [0.25, 0.3) is 0 Å². The Morgan fingerprint density at radius 3 is 2.55 bits per heavy atom. The molecule has 0 unspecified atom stereocenters. The van der Waals surface area contributed by atoms with Gasteiger partial charge in [0.1, 0.15) is 12.4 Å². The van der Waals surface area contributed by atoms with Crippen LogP contribution in [-0.2, 0) is 16.1 Å². The van der Waals surface area contributed by atoms with Crippen molar-refractivity contribution in [3.05, 3.63) is 54.5 Å². The second-order valence-electron chi connectivity index (χ2n) is 7.04. The first-order chi connectivity index (χ1) is 14.8. The molecule has 1 aromatic carbocycles. The fourth-order valence-corrected chi connectivity index (χ4v) is 3.29. The molecule has 8 nitrogen and oxygen atoms in total. The number of para-hydroxylation sites is 1. The lowest BCUT2D eigenvalue weighted by Crippen LogP contribution is -2.52. The monoisotopic (exact) mass is 541 g/mol. The van der Waals surface area contributed by atoms with E-state index in [0.29, 0.717) is 25.7 Å². The average Bonchev–Trinajstić information content (AvgIpc) is 3.32. The lowest BCUT2D eigenvalue weighted by atomic mass is 10.2. The van der Waals surface area contributed by atoms with Crippen molar-refractivity contribution >= 4 is 41.5 Å². The number of hydrogen-bond acceptors (Lipinski definition) is 5. The zero-order valence-corrected chi connectivity index (χ0v) is 20.3. The quantitative estimate of drug-likeness (QED) is 0.220. The molecule has 0 saturated carbocycles. The fourth-order valence-electron chi connectivity index (χ4n) is 3.29. The Morgan fingerprint density at radius 2 is 1.87 bits per heavy atom. The summed E-state index contributed by atoms with van der Waals surface area (Å²) in [5, 5.41) is 6.31. The van der Waals surface area contributed by atoms with Gasteiger partial charge in [-0.3, -0.25) is 9.79 Å². The first-order valence-electron chi connectivity index (χ1n) is 10.4. The zero-order valence-electron chi connectivity index (χ0n) is 18.0. The van der Waals surface area contributed by atoms with Crippen LogP contribution in [0.5, 0.6) is 0 Å². The highest BCUT2D eigenvalue weighted by atomic mass is 127. The van der Waals surface area contributed by atoms with E-state index in [9.17, 15) is 4.79 Å². The molecule has 31 heavy (non-hydrogen) atoms. The SMILES string of the molecule is CN=C(NCCCOCc1ccco1)NCC(=O)N1CCN(c2ccccc2)CC1.I. The first-order valence-corrected chi connectivity index (χ1v) is 10.4. The maximum atomic E-state index is 12.5. The number of carbonyl (C=O) groups excluding carboxylic acids is 1. The van der Waals surface area contributed by atoms with E-state index in [2.05, 4.69) is 32.7 Å². The molecule has 0 bridgehead atoms. The van der Waals surface area contributed by atoms with E-state index < -0.39 is 0 Å². The summed E-state index contributed by atoms with van der Waals surface area (Å²) in [6, 6.07) is 14.1. The third-order valence-corrected chi connectivity index (χ3v) is 4.97. The number of furan rings is 1. The number of anilines is 1. The molecule has 3 rings (SSSR count). The summed E-state index contributed by atoms with van der Waals surface area (Å²) >= 11 is 0. The number of benzene rings is 1. The van der Waals surface area contributed by atoms with Gasteiger partial charge in [0.2, 0.25) is 5.91 Å². The average molecular weight is 541 g/mol. The molecule has 1 fully saturated rings. The third-order valence-electron chi connectivity index (χ3n) is 4.97. The van der Waals surface area contributed by atoms with Crippen LogP contribution in [0.15, 0.2) is 58.1 Å². The van der Waals surface area contributed by atoms with Gasteiger partial charge in [-0.25, -0.2) is 0 Å². The molecule has 2 aromatic rings. The van der Waals surface area contributed by atoms with Gasteiger partial charge in [0.05, 0.1) is 12.8 Å². The predicted octanol–water partition coefficient (Wildman–Crippen LogP) is 2.32. The van der Waals surface area contributed by atoms with Crippen LogP contribution in [0.4, 0.5) is 5.69 Å². The van der Waals surface area contributed by atoms with Gasteiger partial charge in [-0.1, -0.05) is 18.2 Å². The van der Waals surface area contributed by atoms with Crippen LogP contribution in [0.3, 0.4) is 0 Å². The van der Waals surface area contributed by atoms with Gasteiger partial charge in [-0.05, 0) is 30.7 Å². The number of carbonyl (C=O) groups is 1. The van der Waals surface area contributed by atoms with E-state index >= 15 is 0 Å². The molecule has 0 spiro atoms. The molecular formula is C22H32IN5O3. The van der Waals surface area contributed by atoms with Crippen molar-refractivity contribution in [2.24, 2.45) is 4.99 Å². The number of nitrogens with zero attached hydrogens (tertiary/aromatic N) is 3. The van der Waals surface area contributed by atoms with Crippen LogP contribution in [-0.4, -0.2) is 69.7 Å². The first kappa shape index (κ1) is 25.0. The fraction of sp³-hybridized carbons (Fsp3) is 0.455. The van der Waals surface area contributed by atoms with Crippen molar-refractivity contribution in [2.45, 2.75) is 13.0 Å². The van der Waals surface area contributed by atoms with E-state index in [1.54, 1.807) is 13.3 Å². The van der Waals surface area contributed by atoms with Crippen molar-refractivity contribution in [3.63, 3.8) is 0 Å². The number of aliphatic imine (C=N–C) groups is 1. The molecule has 2 heterocycles. The van der Waals surface area contributed by atoms with Gasteiger partial charge < -0.3 is 29.6 Å². The smallest absolute Gasteiger partial charge is 0.242 e. The number of guanidine groups is 1. The Morgan fingerprint density at radius 1 is 1.10 bits per heavy atom. The number of ether oxygens (including phenoxy) is 1. The minimum atomic E-state index is 0. The normalized spacial score (nSPS) is 14.2. The van der Waals surface area contributed by atoms with E-state index in [0.717, 1.165) is 38.4 Å². The Labute approximate surface area is 201 Å². The van der Waals surface area contributed by atoms with Crippen molar-refractivity contribution in [1.82, 2.24) is 15.5 Å². The number of halogens is 1. The summed E-state index contributed by atoms with van der Waals surface area (Å²) in [7, 11) is 1.70. The van der Waals surface area contributed by atoms with Gasteiger partial charge in [0, 0.05) is 52.1 Å². The molecule has 1 saturated heterocycles. The maximum Gasteiger partial charge on any atom is 0.242 e. The van der Waals surface area contributed by atoms with Crippen molar-refractivity contribution in [3.8, 4) is 0 Å². The highest BCUT2D eigenvalue weighted by molar-refractivity contribution is 14.0. The van der Waals surface area contributed by atoms with Gasteiger partial charge in [-0.2, -0.15) is 0 Å². The molecule has 1 aromatic heterocycles. The number of hydrogen-bond donors (Lipinski definition) is 2. The molecule has 0 radical (unpaired) electrons. The molecule has 1 aliphatic heterocycles. The summed E-state index contributed by atoms with van der Waals surface area (Å²) in [5.41, 5.74) is 1.21. The van der Waals surface area contributed by atoms with E-state index in [1.807, 2.05) is 35.2 Å². The number of rotatable bonds is 9. The number of amides is 1. The van der Waals surface area contributed by atoms with Gasteiger partial charge >= 0.3 is 0 Å². The molecule has 0 aliphatic carbocycles. The van der Waals surface area contributed by atoms with E-state index in [4.69, 9.17) is 9.15 Å². The Balaban J connectivity index is 0.00000341. The molecule has 0 atom stereocenters. The van der Waals surface area contributed by atoms with E-state index in [1.165, 1.54) is 5.69 Å². The topological polar surface area (TPSA) is 82.3 Å². The van der Waals surface area contributed by atoms with Crippen LogP contribution in [0.1, 0.15) is 12.2 Å². The van der Waals surface area contributed by atoms with Crippen LogP contribution < -0.4 is 15.5 Å². The second kappa shape index (κ2) is 13.9. The second-order valence-corrected chi connectivity index (χ2v) is 7.04. The Kier molecular flexibility index (Phi) is 11.2. The zero-order chi connectivity index (χ0) is 21.0. The predicted molar refractivity (Wildman–Crippen MR) is 133 cm³/mol. The largest absolute Gasteiger partial charge is 0.467 e. The molecular weight excluding hydrogens is 509 g/mol. The summed E-state index contributed by atoms with van der Waals surface area (Å²) in [5.74, 6) is 1.54. The van der Waals surface area contributed by atoms with E-state index in [-0.39, 0.29) is 36.4 Å². The standard InChI is InChI=1S/C22H31N5O3.HI/c1-23-22(24-10-6-15-29-18-20-9-5-16-30-20)25-17-21(28)27-13-11-26(12-14-27)19-7-3-2-4-8-19;/h2-5,7-9,16H,6,10-15,17-18H2,1H3,(H2,23,24,25);1H. The minimum Gasteiger partial charge on any atom is -0.467 e. The lowest BCUT2D eigenvalue weighted by Gasteiger charge is -2.36. The maximum absolute atomic E-state index is 12.5. The third kappa shape index (κ3) is 8.41. The minimum absolute atomic E-state index is 0. The number of piperazine rings is 1. The summed E-state index contributed by atoms with van der Waals surface area (Å²) < 4.78 is 10.8. The highest BCUT2D eigenvalue weighted by Gasteiger charge is 2.21. The summed E-state index contributed by atoms with van der Waals surface area (Å²) in [4.78, 5) is 20.9. The summed E-state index contributed by atoms with van der Waals surface area (Å²) in [6.07, 6.45) is 2.47. The highest BCUT2D eigenvalue weighted by Crippen LogP contribution is 2.15. The van der Waals surface area contributed by atoms with Crippen molar-refractivity contribution in [2.75, 3.05) is 57.8 Å². The lowest BCUT2D eigenvalue weighted by molar-refractivity contribution is -0.130. The van der Waals surface area contributed by atoms with Crippen LogP contribution >= 0.6 is 24.0 Å². The molecule has 170 valence electrons. The van der Waals surface area contributed by atoms with Gasteiger partial charge in [0.25, 0.3) is 0 Å². The molecule has 9 heteroatoms. The van der Waals surface area contributed by atoms with Crippen molar-refractivity contribution < 1.29 is 13.9 Å². The van der Waals surface area contributed by atoms with Crippen LogP contribution in [0, 0.1) is 0 Å². The van der Waals surface area contributed by atoms with Gasteiger partial charge in [0.15, 0.2) is 5.96 Å². The molecule has 1 aliphatic rings. The van der Waals surface area contributed by atoms with Crippen LogP contribution in [0.2, 0.25) is 0 Å².